The van der Waals surface area contributed by atoms with Crippen LogP contribution in [0.25, 0.3) is 11.1 Å². The van der Waals surface area contributed by atoms with Gasteiger partial charge in [0.25, 0.3) is 0 Å². The summed E-state index contributed by atoms with van der Waals surface area (Å²) in [5.41, 5.74) is 3.76. The van der Waals surface area contributed by atoms with Gasteiger partial charge in [0.2, 0.25) is 0 Å². The van der Waals surface area contributed by atoms with Gasteiger partial charge in [-0.25, -0.2) is 0 Å². The smallest absolute Gasteiger partial charge is 0.151 e. The average molecular weight is 297 g/mol. The van der Waals surface area contributed by atoms with Crippen molar-refractivity contribution in [2.75, 3.05) is 31.1 Å². The summed E-state index contributed by atoms with van der Waals surface area (Å²) in [6.45, 7) is 3.49. The van der Waals surface area contributed by atoms with Crippen LogP contribution in [0, 0.1) is 0 Å². The van der Waals surface area contributed by atoms with Gasteiger partial charge < -0.3 is 19.4 Å². The third-order valence-electron chi connectivity index (χ3n) is 4.32. The summed E-state index contributed by atoms with van der Waals surface area (Å²) in [6.07, 6.45) is 1.04. The standard InChI is InChI=1S/C17H19N3O2/c21-17(15-12-16-14(18-15)6-11-22-16)20-9-7-19(8-10-20)13-4-2-1-3-5-13/h1-6,11-12,17-18,21H,7-10H2. The summed E-state index contributed by atoms with van der Waals surface area (Å²) in [7, 11) is 0. The highest BCUT2D eigenvalue weighted by atomic mass is 16.3. The number of para-hydroxylation sites is 1. The van der Waals surface area contributed by atoms with Crippen molar-refractivity contribution in [3.05, 3.63) is 54.4 Å². The number of hydrogen-bond donors (Lipinski definition) is 2. The van der Waals surface area contributed by atoms with Crippen molar-refractivity contribution in [2.24, 2.45) is 0 Å². The second-order valence-electron chi connectivity index (χ2n) is 5.66. The zero-order valence-electron chi connectivity index (χ0n) is 12.3. The number of aromatic nitrogens is 1. The van der Waals surface area contributed by atoms with E-state index in [1.807, 2.05) is 18.2 Å². The molecular weight excluding hydrogens is 278 g/mol. The number of anilines is 1. The molecule has 4 rings (SSSR count). The van der Waals surface area contributed by atoms with E-state index in [9.17, 15) is 5.11 Å². The van der Waals surface area contributed by atoms with Crippen LogP contribution in [0.2, 0.25) is 0 Å². The summed E-state index contributed by atoms with van der Waals surface area (Å²) in [4.78, 5) is 7.65. The highest BCUT2D eigenvalue weighted by Crippen LogP contribution is 2.25. The fourth-order valence-corrected chi connectivity index (χ4v) is 3.07. The maximum atomic E-state index is 10.6. The van der Waals surface area contributed by atoms with E-state index >= 15 is 0 Å². The minimum atomic E-state index is -0.611. The number of rotatable bonds is 3. The molecule has 5 nitrogen and oxygen atoms in total. The Morgan fingerprint density at radius 3 is 2.55 bits per heavy atom. The first-order valence-electron chi connectivity index (χ1n) is 7.59. The van der Waals surface area contributed by atoms with Gasteiger partial charge in [-0.05, 0) is 12.1 Å². The Morgan fingerprint density at radius 1 is 1.05 bits per heavy atom. The molecule has 22 heavy (non-hydrogen) atoms. The van der Waals surface area contributed by atoms with Gasteiger partial charge in [0.1, 0.15) is 6.23 Å². The Morgan fingerprint density at radius 2 is 1.82 bits per heavy atom. The first-order valence-corrected chi connectivity index (χ1v) is 7.59. The number of aliphatic hydroxyl groups excluding tert-OH is 1. The summed E-state index contributed by atoms with van der Waals surface area (Å²) in [6, 6.07) is 14.2. The van der Waals surface area contributed by atoms with Gasteiger partial charge in [-0.1, -0.05) is 18.2 Å². The van der Waals surface area contributed by atoms with E-state index < -0.39 is 6.23 Å². The molecule has 0 radical (unpaired) electrons. The molecule has 1 fully saturated rings. The van der Waals surface area contributed by atoms with E-state index in [1.54, 1.807) is 6.26 Å². The quantitative estimate of drug-likeness (QED) is 0.780. The first kappa shape index (κ1) is 13.4. The SMILES string of the molecule is OC(c1cc2occc2[nH]1)N1CCN(c2ccccc2)CC1. The third-order valence-corrected chi connectivity index (χ3v) is 4.32. The van der Waals surface area contributed by atoms with Gasteiger partial charge in [-0.2, -0.15) is 0 Å². The molecule has 1 saturated heterocycles. The molecule has 0 amide bonds. The molecule has 0 saturated carbocycles. The molecule has 0 aliphatic carbocycles. The summed E-state index contributed by atoms with van der Waals surface area (Å²) >= 11 is 0. The minimum absolute atomic E-state index is 0.611. The van der Waals surface area contributed by atoms with Crippen LogP contribution in [0.15, 0.2) is 53.1 Å². The van der Waals surface area contributed by atoms with E-state index in [-0.39, 0.29) is 0 Å². The van der Waals surface area contributed by atoms with Crippen molar-refractivity contribution >= 4 is 16.8 Å². The lowest BCUT2D eigenvalue weighted by Gasteiger charge is -2.38. The molecule has 1 aliphatic heterocycles. The van der Waals surface area contributed by atoms with Crippen LogP contribution in [-0.4, -0.2) is 41.2 Å². The fourth-order valence-electron chi connectivity index (χ4n) is 3.07. The molecule has 0 bridgehead atoms. The van der Waals surface area contributed by atoms with Crippen molar-refractivity contribution in [3.63, 3.8) is 0 Å². The van der Waals surface area contributed by atoms with Crippen molar-refractivity contribution in [2.45, 2.75) is 6.23 Å². The first-order chi connectivity index (χ1) is 10.8. The minimum Gasteiger partial charge on any atom is -0.463 e. The van der Waals surface area contributed by atoms with E-state index in [4.69, 9.17) is 4.42 Å². The number of aromatic amines is 1. The lowest BCUT2D eigenvalue weighted by atomic mass is 10.2. The summed E-state index contributed by atoms with van der Waals surface area (Å²) < 4.78 is 5.34. The number of furan rings is 1. The molecule has 5 heteroatoms. The van der Waals surface area contributed by atoms with Crippen molar-refractivity contribution < 1.29 is 9.52 Å². The molecule has 114 valence electrons. The predicted molar refractivity (Wildman–Crippen MR) is 85.8 cm³/mol. The lowest BCUT2D eigenvalue weighted by Crippen LogP contribution is -2.47. The Kier molecular flexibility index (Phi) is 3.36. The number of nitrogens with zero attached hydrogens (tertiary/aromatic N) is 2. The Balaban J connectivity index is 1.43. The number of nitrogens with one attached hydrogen (secondary N) is 1. The van der Waals surface area contributed by atoms with Crippen LogP contribution >= 0.6 is 0 Å². The van der Waals surface area contributed by atoms with Gasteiger partial charge in [-0.15, -0.1) is 0 Å². The van der Waals surface area contributed by atoms with Crippen LogP contribution in [0.5, 0.6) is 0 Å². The Bertz CT molecular complexity index is 713. The monoisotopic (exact) mass is 297 g/mol. The molecule has 0 spiro atoms. The highest BCUT2D eigenvalue weighted by molar-refractivity contribution is 5.74. The summed E-state index contributed by atoms with van der Waals surface area (Å²) in [5, 5.41) is 10.6. The maximum absolute atomic E-state index is 10.6. The van der Waals surface area contributed by atoms with E-state index in [0.717, 1.165) is 43.0 Å². The van der Waals surface area contributed by atoms with Crippen molar-refractivity contribution in [3.8, 4) is 0 Å². The molecule has 2 N–H and O–H groups in total. The second kappa shape index (κ2) is 5.51. The Labute approximate surface area is 128 Å². The van der Waals surface area contributed by atoms with Crippen molar-refractivity contribution in [1.82, 2.24) is 9.88 Å². The molecule has 3 aromatic rings. The lowest BCUT2D eigenvalue weighted by molar-refractivity contribution is -0.00428. The number of benzene rings is 1. The van der Waals surface area contributed by atoms with Gasteiger partial charge in [-0.3, -0.25) is 4.90 Å². The average Bonchev–Trinajstić information content (AvgIpc) is 3.17. The van der Waals surface area contributed by atoms with Crippen LogP contribution in [0.1, 0.15) is 11.9 Å². The number of fused-ring (bicyclic) bond motifs is 1. The largest absolute Gasteiger partial charge is 0.463 e. The number of aliphatic hydroxyl groups is 1. The van der Waals surface area contributed by atoms with E-state index in [2.05, 4.69) is 39.0 Å². The third kappa shape index (κ3) is 2.38. The predicted octanol–water partition coefficient (Wildman–Crippen LogP) is 2.57. The molecule has 3 heterocycles. The normalized spacial score (nSPS) is 18.0. The zero-order valence-corrected chi connectivity index (χ0v) is 12.3. The molecule has 1 aliphatic rings. The summed E-state index contributed by atoms with van der Waals surface area (Å²) in [5.74, 6) is 0. The van der Waals surface area contributed by atoms with Gasteiger partial charge in [0, 0.05) is 44.0 Å². The van der Waals surface area contributed by atoms with E-state index in [0.29, 0.717) is 0 Å². The van der Waals surface area contributed by atoms with E-state index in [1.165, 1.54) is 5.69 Å². The van der Waals surface area contributed by atoms with Crippen LogP contribution in [-0.2, 0) is 0 Å². The fraction of sp³-hybridized carbons (Fsp3) is 0.294. The van der Waals surface area contributed by atoms with Crippen LogP contribution in [0.3, 0.4) is 0 Å². The van der Waals surface area contributed by atoms with Gasteiger partial charge in [0.15, 0.2) is 5.58 Å². The van der Waals surface area contributed by atoms with Crippen LogP contribution in [0.4, 0.5) is 5.69 Å². The van der Waals surface area contributed by atoms with Crippen molar-refractivity contribution in [1.29, 1.82) is 0 Å². The second-order valence-corrected chi connectivity index (χ2v) is 5.66. The number of piperazine rings is 1. The van der Waals surface area contributed by atoms with Gasteiger partial charge >= 0.3 is 0 Å². The van der Waals surface area contributed by atoms with Crippen LogP contribution < -0.4 is 4.90 Å². The topological polar surface area (TPSA) is 55.6 Å². The zero-order chi connectivity index (χ0) is 14.9. The molecule has 1 unspecified atom stereocenters. The highest BCUT2D eigenvalue weighted by Gasteiger charge is 2.24. The Hall–Kier alpha value is -2.24. The van der Waals surface area contributed by atoms with Gasteiger partial charge in [0.05, 0.1) is 17.5 Å². The number of H-pyrrole nitrogens is 1. The maximum Gasteiger partial charge on any atom is 0.151 e. The molecular formula is C17H19N3O2. The number of hydrogen-bond acceptors (Lipinski definition) is 4. The molecule has 1 aromatic carbocycles. The molecule has 2 aromatic heterocycles. The molecule has 1 atom stereocenters.